The molecule has 0 unspecified atom stereocenters. The van der Waals surface area contributed by atoms with E-state index < -0.39 is 0 Å². The van der Waals surface area contributed by atoms with Gasteiger partial charge in [-0.05, 0) is 56.8 Å². The van der Waals surface area contributed by atoms with Crippen LogP contribution in [0.5, 0.6) is 0 Å². The van der Waals surface area contributed by atoms with Gasteiger partial charge in [-0.2, -0.15) is 0 Å². The molecule has 1 aromatic carbocycles. The predicted octanol–water partition coefficient (Wildman–Crippen LogP) is 4.81. The zero-order valence-electron chi connectivity index (χ0n) is 17.2. The molecule has 0 saturated carbocycles. The van der Waals surface area contributed by atoms with Crippen molar-refractivity contribution in [1.29, 1.82) is 0 Å². The van der Waals surface area contributed by atoms with Crippen molar-refractivity contribution < 1.29 is 4.79 Å². The third-order valence-corrected chi connectivity index (χ3v) is 6.49. The first kappa shape index (κ1) is 19.5. The van der Waals surface area contributed by atoms with Gasteiger partial charge >= 0.3 is 0 Å². The Morgan fingerprint density at radius 2 is 1.46 bits per heavy atom. The second-order valence-electron chi connectivity index (χ2n) is 8.61. The van der Waals surface area contributed by atoms with Gasteiger partial charge in [0.15, 0.2) is 0 Å². The summed E-state index contributed by atoms with van der Waals surface area (Å²) in [6.07, 6.45) is 14.0. The van der Waals surface area contributed by atoms with E-state index in [2.05, 4.69) is 44.8 Å². The van der Waals surface area contributed by atoms with Gasteiger partial charge in [-0.1, -0.05) is 43.9 Å². The maximum Gasteiger partial charge on any atom is 0.222 e. The average molecular weight is 382 g/mol. The molecule has 2 aliphatic heterocycles. The molecule has 0 N–H and O–H groups in total. The standard InChI is InChI=1S/C24H35N3O/c28-24(26-17-9-3-4-10-18-26)14-13-21-19-27(23-12-6-5-11-22(21)23)20-25-15-7-1-2-8-16-25/h5-6,11-12,19H,1-4,7-10,13-18,20H2. The summed E-state index contributed by atoms with van der Waals surface area (Å²) >= 11 is 0. The van der Waals surface area contributed by atoms with Crippen LogP contribution in [-0.4, -0.2) is 46.5 Å². The fourth-order valence-corrected chi connectivity index (χ4v) is 4.85. The van der Waals surface area contributed by atoms with E-state index in [0.29, 0.717) is 12.3 Å². The highest BCUT2D eigenvalue weighted by Gasteiger charge is 2.17. The Morgan fingerprint density at radius 3 is 2.18 bits per heavy atom. The minimum Gasteiger partial charge on any atom is -0.343 e. The van der Waals surface area contributed by atoms with Crippen molar-refractivity contribution in [2.24, 2.45) is 0 Å². The summed E-state index contributed by atoms with van der Waals surface area (Å²) in [5.74, 6) is 0.339. The molecular formula is C24H35N3O. The van der Waals surface area contributed by atoms with Crippen LogP contribution in [0.4, 0.5) is 0 Å². The number of fused-ring (bicyclic) bond motifs is 1. The molecule has 152 valence electrons. The number of carbonyl (C=O) groups is 1. The van der Waals surface area contributed by atoms with Gasteiger partial charge < -0.3 is 9.47 Å². The Bertz CT molecular complexity index is 765. The van der Waals surface area contributed by atoms with Gasteiger partial charge in [0, 0.05) is 36.6 Å². The molecular weight excluding hydrogens is 346 g/mol. The first-order valence-electron chi connectivity index (χ1n) is 11.4. The SMILES string of the molecule is O=C(CCc1cn(CN2CCCCCC2)c2ccccc12)N1CCCCCC1. The molecule has 0 radical (unpaired) electrons. The lowest BCUT2D eigenvalue weighted by Gasteiger charge is -2.21. The number of rotatable bonds is 5. The van der Waals surface area contributed by atoms with Crippen LogP contribution in [0.3, 0.4) is 0 Å². The van der Waals surface area contributed by atoms with E-state index in [1.807, 2.05) is 0 Å². The van der Waals surface area contributed by atoms with E-state index in [-0.39, 0.29) is 0 Å². The molecule has 2 aliphatic rings. The number of para-hydroxylation sites is 1. The molecule has 0 spiro atoms. The third-order valence-electron chi connectivity index (χ3n) is 6.49. The van der Waals surface area contributed by atoms with Gasteiger partial charge in [0.25, 0.3) is 0 Å². The number of hydrogen-bond donors (Lipinski definition) is 0. The molecule has 0 bridgehead atoms. The van der Waals surface area contributed by atoms with Gasteiger partial charge in [0.05, 0.1) is 6.67 Å². The topological polar surface area (TPSA) is 28.5 Å². The molecule has 28 heavy (non-hydrogen) atoms. The highest BCUT2D eigenvalue weighted by atomic mass is 16.2. The smallest absolute Gasteiger partial charge is 0.222 e. The minimum absolute atomic E-state index is 0.339. The summed E-state index contributed by atoms with van der Waals surface area (Å²) in [6, 6.07) is 8.71. The minimum atomic E-state index is 0.339. The van der Waals surface area contributed by atoms with E-state index >= 15 is 0 Å². The number of carbonyl (C=O) groups excluding carboxylic acids is 1. The number of likely N-dealkylation sites (tertiary alicyclic amines) is 2. The zero-order valence-corrected chi connectivity index (χ0v) is 17.2. The summed E-state index contributed by atoms with van der Waals surface area (Å²) in [7, 11) is 0. The van der Waals surface area contributed by atoms with Crippen LogP contribution in [0.2, 0.25) is 0 Å². The van der Waals surface area contributed by atoms with Gasteiger partial charge in [0.2, 0.25) is 5.91 Å². The Kier molecular flexibility index (Phi) is 6.69. The fourth-order valence-electron chi connectivity index (χ4n) is 4.85. The van der Waals surface area contributed by atoms with Crippen LogP contribution < -0.4 is 0 Å². The molecule has 4 nitrogen and oxygen atoms in total. The quantitative estimate of drug-likeness (QED) is 0.743. The summed E-state index contributed by atoms with van der Waals surface area (Å²) in [5.41, 5.74) is 2.64. The van der Waals surface area contributed by atoms with E-state index in [4.69, 9.17) is 0 Å². The summed E-state index contributed by atoms with van der Waals surface area (Å²) in [6.45, 7) is 5.29. The number of aryl methyl sites for hydroxylation is 1. The molecule has 1 aromatic heterocycles. The molecule has 4 rings (SSSR count). The van der Waals surface area contributed by atoms with Crippen LogP contribution in [-0.2, 0) is 17.9 Å². The molecule has 0 atom stereocenters. The number of benzene rings is 1. The van der Waals surface area contributed by atoms with Crippen LogP contribution in [0.15, 0.2) is 30.5 Å². The van der Waals surface area contributed by atoms with Crippen LogP contribution >= 0.6 is 0 Å². The Hall–Kier alpha value is -1.81. The van der Waals surface area contributed by atoms with Crippen molar-refractivity contribution in [3.05, 3.63) is 36.0 Å². The summed E-state index contributed by atoms with van der Waals surface area (Å²) in [4.78, 5) is 17.4. The van der Waals surface area contributed by atoms with Gasteiger partial charge in [-0.15, -0.1) is 0 Å². The number of hydrogen-bond acceptors (Lipinski definition) is 2. The Balaban J connectivity index is 1.45. The maximum absolute atomic E-state index is 12.7. The van der Waals surface area contributed by atoms with E-state index in [9.17, 15) is 4.79 Å². The van der Waals surface area contributed by atoms with Crippen LogP contribution in [0, 0.1) is 0 Å². The maximum atomic E-state index is 12.7. The number of amides is 1. The molecule has 2 aromatic rings. The van der Waals surface area contributed by atoms with Crippen LogP contribution in [0.25, 0.3) is 10.9 Å². The number of aromatic nitrogens is 1. The molecule has 0 aliphatic carbocycles. The zero-order chi connectivity index (χ0) is 19.2. The van der Waals surface area contributed by atoms with Gasteiger partial charge in [-0.25, -0.2) is 0 Å². The third kappa shape index (κ3) is 4.78. The fraction of sp³-hybridized carbons (Fsp3) is 0.625. The lowest BCUT2D eigenvalue weighted by molar-refractivity contribution is -0.131. The lowest BCUT2D eigenvalue weighted by atomic mass is 10.1. The molecule has 3 heterocycles. The normalized spacial score (nSPS) is 19.5. The first-order chi connectivity index (χ1) is 13.8. The lowest BCUT2D eigenvalue weighted by Crippen LogP contribution is -2.31. The van der Waals surface area contributed by atoms with Crippen molar-refractivity contribution in [3.63, 3.8) is 0 Å². The Morgan fingerprint density at radius 1 is 0.821 bits per heavy atom. The van der Waals surface area contributed by atoms with Crippen molar-refractivity contribution >= 4 is 16.8 Å². The predicted molar refractivity (Wildman–Crippen MR) is 115 cm³/mol. The summed E-state index contributed by atoms with van der Waals surface area (Å²) < 4.78 is 2.41. The molecule has 2 fully saturated rings. The highest BCUT2D eigenvalue weighted by Crippen LogP contribution is 2.24. The first-order valence-corrected chi connectivity index (χ1v) is 11.4. The average Bonchev–Trinajstić information content (AvgIpc) is 2.96. The van der Waals surface area contributed by atoms with Gasteiger partial charge in [-0.3, -0.25) is 9.69 Å². The second-order valence-corrected chi connectivity index (χ2v) is 8.61. The Labute approximate surface area is 169 Å². The monoisotopic (exact) mass is 381 g/mol. The molecule has 2 saturated heterocycles. The largest absolute Gasteiger partial charge is 0.343 e. The second kappa shape index (κ2) is 9.60. The van der Waals surface area contributed by atoms with E-state index in [1.165, 1.54) is 80.9 Å². The van der Waals surface area contributed by atoms with Crippen molar-refractivity contribution in [2.45, 2.75) is 70.9 Å². The van der Waals surface area contributed by atoms with Crippen LogP contribution in [0.1, 0.15) is 63.4 Å². The highest BCUT2D eigenvalue weighted by molar-refractivity contribution is 5.85. The van der Waals surface area contributed by atoms with Gasteiger partial charge in [0.1, 0.15) is 0 Å². The van der Waals surface area contributed by atoms with E-state index in [1.54, 1.807) is 0 Å². The number of nitrogens with zero attached hydrogens (tertiary/aromatic N) is 3. The van der Waals surface area contributed by atoms with Crippen molar-refractivity contribution in [2.75, 3.05) is 26.2 Å². The van der Waals surface area contributed by atoms with Crippen molar-refractivity contribution in [1.82, 2.24) is 14.4 Å². The van der Waals surface area contributed by atoms with Crippen molar-refractivity contribution in [3.8, 4) is 0 Å². The summed E-state index contributed by atoms with van der Waals surface area (Å²) in [5, 5.41) is 1.32. The molecule has 4 heteroatoms. The van der Waals surface area contributed by atoms with E-state index in [0.717, 1.165) is 26.2 Å². The molecule has 1 amide bonds.